The third-order valence-corrected chi connectivity index (χ3v) is 3.51. The fraction of sp³-hybridized carbons (Fsp3) is 0.462. The van der Waals surface area contributed by atoms with Crippen molar-refractivity contribution < 1.29 is 27.8 Å². The van der Waals surface area contributed by atoms with Gasteiger partial charge in [0.2, 0.25) is 0 Å². The normalized spacial score (nSPS) is 17.9. The number of fused-ring (bicyclic) bond motifs is 1. The highest BCUT2D eigenvalue weighted by Gasteiger charge is 2.63. The molecule has 1 unspecified atom stereocenters. The van der Waals surface area contributed by atoms with Gasteiger partial charge < -0.3 is 9.84 Å². The van der Waals surface area contributed by atoms with E-state index in [0.717, 1.165) is 31.1 Å². The van der Waals surface area contributed by atoms with Gasteiger partial charge in [-0.05, 0) is 30.4 Å². The molecule has 1 aromatic carbocycles. The number of aryl methyl sites for hydroxylation is 2. The monoisotopic (exact) mass is 274 g/mol. The van der Waals surface area contributed by atoms with E-state index in [-0.39, 0.29) is 5.56 Å². The standard InChI is InChI=1S/C13H13F3O3/c1-19-12(11(17)18,13(14,15)16)10-6-5-8-3-2-4-9(8)7-10/h5-7H,2-4H2,1H3,(H,17,18). The quantitative estimate of drug-likeness (QED) is 0.921. The summed E-state index contributed by atoms with van der Waals surface area (Å²) in [5.74, 6) is -2.06. The van der Waals surface area contributed by atoms with Gasteiger partial charge in [-0.2, -0.15) is 13.2 Å². The predicted molar refractivity (Wildman–Crippen MR) is 60.8 cm³/mol. The summed E-state index contributed by atoms with van der Waals surface area (Å²) in [6.07, 6.45) is -2.67. The number of carboxylic acids is 1. The summed E-state index contributed by atoms with van der Waals surface area (Å²) >= 11 is 0. The van der Waals surface area contributed by atoms with E-state index in [4.69, 9.17) is 5.11 Å². The van der Waals surface area contributed by atoms with Gasteiger partial charge in [-0.3, -0.25) is 0 Å². The molecule has 1 N–H and O–H groups in total. The molecular formula is C13H13F3O3. The molecule has 0 bridgehead atoms. The Morgan fingerprint density at radius 3 is 2.42 bits per heavy atom. The number of methoxy groups -OCH3 is 1. The highest BCUT2D eigenvalue weighted by atomic mass is 19.4. The van der Waals surface area contributed by atoms with Gasteiger partial charge in [-0.15, -0.1) is 0 Å². The van der Waals surface area contributed by atoms with Crippen molar-refractivity contribution in [1.29, 1.82) is 0 Å². The van der Waals surface area contributed by atoms with Crippen LogP contribution in [0.5, 0.6) is 0 Å². The molecule has 0 heterocycles. The van der Waals surface area contributed by atoms with Gasteiger partial charge in [-0.1, -0.05) is 18.2 Å². The smallest absolute Gasteiger partial charge is 0.432 e. The van der Waals surface area contributed by atoms with Crippen LogP contribution in [0.3, 0.4) is 0 Å². The molecule has 0 amide bonds. The molecule has 0 radical (unpaired) electrons. The van der Waals surface area contributed by atoms with E-state index in [1.807, 2.05) is 0 Å². The third kappa shape index (κ3) is 2.00. The predicted octanol–water partition coefficient (Wildman–Crippen LogP) is 2.66. The minimum Gasteiger partial charge on any atom is -0.479 e. The lowest BCUT2D eigenvalue weighted by Crippen LogP contribution is -2.50. The number of halogens is 3. The molecule has 104 valence electrons. The summed E-state index contributed by atoms with van der Waals surface area (Å²) in [6.45, 7) is 0. The zero-order chi connectivity index (χ0) is 14.3. The fourth-order valence-corrected chi connectivity index (χ4v) is 2.52. The van der Waals surface area contributed by atoms with E-state index >= 15 is 0 Å². The number of benzene rings is 1. The molecule has 3 nitrogen and oxygen atoms in total. The van der Waals surface area contributed by atoms with Crippen LogP contribution in [0.1, 0.15) is 23.1 Å². The number of rotatable bonds is 3. The summed E-state index contributed by atoms with van der Waals surface area (Å²) in [5, 5.41) is 9.02. The molecule has 0 saturated heterocycles. The van der Waals surface area contributed by atoms with Gasteiger partial charge in [0.15, 0.2) is 0 Å². The molecule has 0 spiro atoms. The first-order valence-corrected chi connectivity index (χ1v) is 5.80. The molecular weight excluding hydrogens is 261 g/mol. The largest absolute Gasteiger partial charge is 0.479 e. The van der Waals surface area contributed by atoms with Gasteiger partial charge in [-0.25, -0.2) is 4.79 Å². The number of carboxylic acid groups (broad SMARTS) is 1. The van der Waals surface area contributed by atoms with Crippen molar-refractivity contribution >= 4 is 5.97 Å². The van der Waals surface area contributed by atoms with E-state index in [2.05, 4.69) is 4.74 Å². The zero-order valence-corrected chi connectivity index (χ0v) is 10.3. The van der Waals surface area contributed by atoms with Crippen molar-refractivity contribution in [2.45, 2.75) is 31.0 Å². The molecule has 1 aliphatic carbocycles. The van der Waals surface area contributed by atoms with Crippen LogP contribution in [0.2, 0.25) is 0 Å². The number of hydrogen-bond donors (Lipinski definition) is 1. The van der Waals surface area contributed by atoms with Crippen LogP contribution >= 0.6 is 0 Å². The molecule has 0 aromatic heterocycles. The van der Waals surface area contributed by atoms with Crippen LogP contribution < -0.4 is 0 Å². The summed E-state index contributed by atoms with van der Waals surface area (Å²) in [7, 11) is 0.759. The SMILES string of the molecule is COC(C(=O)O)(c1ccc2c(c1)CCC2)C(F)(F)F. The van der Waals surface area contributed by atoms with Crippen LogP contribution in [0, 0.1) is 0 Å². The maximum atomic E-state index is 13.2. The first kappa shape index (κ1) is 13.9. The Labute approximate surface area is 108 Å². The van der Waals surface area contributed by atoms with E-state index in [1.54, 1.807) is 6.07 Å². The zero-order valence-electron chi connectivity index (χ0n) is 10.3. The van der Waals surface area contributed by atoms with Crippen LogP contribution in [0.15, 0.2) is 18.2 Å². The third-order valence-electron chi connectivity index (χ3n) is 3.51. The first-order chi connectivity index (χ1) is 8.83. The van der Waals surface area contributed by atoms with Gasteiger partial charge in [0.1, 0.15) is 0 Å². The highest BCUT2D eigenvalue weighted by molar-refractivity contribution is 5.81. The Morgan fingerprint density at radius 2 is 1.89 bits per heavy atom. The molecule has 19 heavy (non-hydrogen) atoms. The number of hydrogen-bond acceptors (Lipinski definition) is 2. The van der Waals surface area contributed by atoms with Crippen molar-refractivity contribution in [3.8, 4) is 0 Å². The summed E-state index contributed by atoms with van der Waals surface area (Å²) in [4.78, 5) is 11.2. The van der Waals surface area contributed by atoms with Crippen molar-refractivity contribution in [1.82, 2.24) is 0 Å². The van der Waals surface area contributed by atoms with Crippen LogP contribution in [-0.2, 0) is 28.0 Å². The topological polar surface area (TPSA) is 46.5 Å². The molecule has 1 aromatic rings. The molecule has 0 fully saturated rings. The van der Waals surface area contributed by atoms with Crippen molar-refractivity contribution in [2.75, 3.05) is 7.11 Å². The second kappa shape index (κ2) is 4.52. The van der Waals surface area contributed by atoms with Gasteiger partial charge >= 0.3 is 12.1 Å². The molecule has 1 aliphatic rings. The summed E-state index contributed by atoms with van der Waals surface area (Å²) in [5.41, 5.74) is -1.94. The maximum Gasteiger partial charge on any atom is 0.432 e. The minimum atomic E-state index is -5.03. The van der Waals surface area contributed by atoms with E-state index in [0.29, 0.717) is 6.42 Å². The minimum absolute atomic E-state index is 0.379. The molecule has 0 saturated carbocycles. The maximum absolute atomic E-state index is 13.2. The molecule has 0 aliphatic heterocycles. The number of carbonyl (C=O) groups is 1. The van der Waals surface area contributed by atoms with Crippen LogP contribution in [-0.4, -0.2) is 24.4 Å². The molecule has 6 heteroatoms. The van der Waals surface area contributed by atoms with Gasteiger partial charge in [0.25, 0.3) is 5.60 Å². The van der Waals surface area contributed by atoms with Crippen molar-refractivity contribution in [2.24, 2.45) is 0 Å². The fourth-order valence-electron chi connectivity index (χ4n) is 2.52. The van der Waals surface area contributed by atoms with Gasteiger partial charge in [0, 0.05) is 12.7 Å². The lowest BCUT2D eigenvalue weighted by Gasteiger charge is -2.30. The summed E-state index contributed by atoms with van der Waals surface area (Å²) in [6, 6.07) is 4.04. The lowest BCUT2D eigenvalue weighted by atomic mass is 9.90. The average molecular weight is 274 g/mol. The highest BCUT2D eigenvalue weighted by Crippen LogP contribution is 2.43. The van der Waals surface area contributed by atoms with Crippen LogP contribution in [0.4, 0.5) is 13.2 Å². The Kier molecular flexibility index (Phi) is 3.30. The number of ether oxygens (including phenoxy) is 1. The Balaban J connectivity index is 2.59. The van der Waals surface area contributed by atoms with Crippen molar-refractivity contribution in [3.63, 3.8) is 0 Å². The lowest BCUT2D eigenvalue weighted by molar-refractivity contribution is -0.273. The summed E-state index contributed by atoms with van der Waals surface area (Å²) < 4.78 is 43.9. The molecule has 1 atom stereocenters. The van der Waals surface area contributed by atoms with Crippen molar-refractivity contribution in [3.05, 3.63) is 34.9 Å². The number of alkyl halides is 3. The molecule has 2 rings (SSSR count). The second-order valence-electron chi connectivity index (χ2n) is 4.53. The van der Waals surface area contributed by atoms with Crippen LogP contribution in [0.25, 0.3) is 0 Å². The van der Waals surface area contributed by atoms with E-state index < -0.39 is 17.7 Å². The Hall–Kier alpha value is -1.56. The average Bonchev–Trinajstić information content (AvgIpc) is 2.75. The van der Waals surface area contributed by atoms with E-state index in [1.165, 1.54) is 12.1 Å². The number of aliphatic carboxylic acids is 1. The Bertz CT molecular complexity index is 510. The second-order valence-corrected chi connectivity index (χ2v) is 4.53. The Morgan fingerprint density at radius 1 is 1.26 bits per heavy atom. The van der Waals surface area contributed by atoms with Gasteiger partial charge in [0.05, 0.1) is 0 Å². The first-order valence-electron chi connectivity index (χ1n) is 5.80. The van der Waals surface area contributed by atoms with E-state index in [9.17, 15) is 18.0 Å².